The van der Waals surface area contributed by atoms with Crippen LogP contribution in [0.4, 0.5) is 0 Å². The van der Waals surface area contributed by atoms with Gasteiger partial charge in [0.2, 0.25) is 5.91 Å². The number of hydrogen-bond donors (Lipinski definition) is 2. The molecule has 7 heteroatoms. The quantitative estimate of drug-likeness (QED) is 0.676. The summed E-state index contributed by atoms with van der Waals surface area (Å²) in [5.41, 5.74) is 1.24. The molecule has 0 aliphatic carbocycles. The molecule has 0 fully saturated rings. The lowest BCUT2D eigenvalue weighted by Gasteiger charge is -2.22. The first kappa shape index (κ1) is 22.1. The van der Waals surface area contributed by atoms with E-state index in [1.165, 1.54) is 0 Å². The predicted molar refractivity (Wildman–Crippen MR) is 110 cm³/mol. The van der Waals surface area contributed by atoms with Gasteiger partial charge in [0.05, 0.1) is 21.3 Å². The molecular formula is C22H28N2O5. The first-order chi connectivity index (χ1) is 13.9. The van der Waals surface area contributed by atoms with Crippen LogP contribution in [0.25, 0.3) is 0 Å². The van der Waals surface area contributed by atoms with Gasteiger partial charge in [0.15, 0.2) is 11.5 Å². The molecule has 2 aromatic carbocycles. The maximum absolute atomic E-state index is 12.8. The topological polar surface area (TPSA) is 85.9 Å². The second kappa shape index (κ2) is 10.4. The highest BCUT2D eigenvalue weighted by Gasteiger charge is 2.25. The Labute approximate surface area is 171 Å². The van der Waals surface area contributed by atoms with Crippen molar-refractivity contribution in [1.82, 2.24) is 10.6 Å². The molecular weight excluding hydrogens is 372 g/mol. The molecule has 2 aromatic rings. The summed E-state index contributed by atoms with van der Waals surface area (Å²) in [6, 6.07) is 11.6. The Bertz CT molecular complexity index is 837. The number of ether oxygens (including phenoxy) is 3. The normalized spacial score (nSPS) is 11.5. The maximum Gasteiger partial charge on any atom is 0.251 e. The molecule has 7 nitrogen and oxygen atoms in total. The fourth-order valence-electron chi connectivity index (χ4n) is 2.87. The van der Waals surface area contributed by atoms with E-state index < -0.39 is 6.04 Å². The number of rotatable bonds is 9. The Balaban J connectivity index is 2.12. The predicted octanol–water partition coefficient (Wildman–Crippen LogP) is 2.78. The van der Waals surface area contributed by atoms with Gasteiger partial charge in [-0.2, -0.15) is 0 Å². The number of carbonyl (C=O) groups excluding carboxylic acids is 2. The molecule has 0 aliphatic heterocycles. The number of amides is 2. The van der Waals surface area contributed by atoms with Crippen molar-refractivity contribution in [3.8, 4) is 17.2 Å². The van der Waals surface area contributed by atoms with Crippen molar-refractivity contribution >= 4 is 11.8 Å². The van der Waals surface area contributed by atoms with Gasteiger partial charge >= 0.3 is 0 Å². The Morgan fingerprint density at radius 2 is 1.48 bits per heavy atom. The first-order valence-electron chi connectivity index (χ1n) is 9.33. The van der Waals surface area contributed by atoms with Crippen molar-refractivity contribution in [1.29, 1.82) is 0 Å². The van der Waals surface area contributed by atoms with Crippen molar-refractivity contribution < 1.29 is 23.8 Å². The highest BCUT2D eigenvalue weighted by molar-refractivity contribution is 5.97. The van der Waals surface area contributed by atoms with Crippen LogP contribution in [0.2, 0.25) is 0 Å². The molecule has 2 amide bonds. The molecule has 0 bridgehead atoms. The minimum absolute atomic E-state index is 0.0880. The van der Waals surface area contributed by atoms with Crippen molar-refractivity contribution in [3.05, 3.63) is 53.6 Å². The van der Waals surface area contributed by atoms with Gasteiger partial charge in [0.1, 0.15) is 11.8 Å². The van der Waals surface area contributed by atoms with Crippen molar-refractivity contribution in [2.45, 2.75) is 26.4 Å². The molecule has 156 valence electrons. The summed E-state index contributed by atoms with van der Waals surface area (Å²) in [5.74, 6) is 0.988. The average molecular weight is 400 g/mol. The van der Waals surface area contributed by atoms with Crippen molar-refractivity contribution in [3.63, 3.8) is 0 Å². The largest absolute Gasteiger partial charge is 0.496 e. The second-order valence-corrected chi connectivity index (χ2v) is 6.80. The minimum Gasteiger partial charge on any atom is -0.496 e. The summed E-state index contributed by atoms with van der Waals surface area (Å²) < 4.78 is 16.0. The zero-order valence-electron chi connectivity index (χ0n) is 17.4. The van der Waals surface area contributed by atoms with E-state index in [1.54, 1.807) is 57.7 Å². The molecule has 0 spiro atoms. The van der Waals surface area contributed by atoms with Crippen LogP contribution in [0.5, 0.6) is 17.2 Å². The number of benzene rings is 2. The van der Waals surface area contributed by atoms with Crippen LogP contribution >= 0.6 is 0 Å². The van der Waals surface area contributed by atoms with Crippen LogP contribution in [-0.4, -0.2) is 39.2 Å². The molecule has 2 N–H and O–H groups in total. The van der Waals surface area contributed by atoms with Crippen LogP contribution in [0.1, 0.15) is 29.8 Å². The van der Waals surface area contributed by atoms with E-state index in [-0.39, 0.29) is 24.3 Å². The first-order valence-corrected chi connectivity index (χ1v) is 9.33. The lowest BCUT2D eigenvalue weighted by Crippen LogP contribution is -2.49. The van der Waals surface area contributed by atoms with Gasteiger partial charge in [0.25, 0.3) is 5.91 Å². The molecule has 29 heavy (non-hydrogen) atoms. The Hall–Kier alpha value is -3.22. The van der Waals surface area contributed by atoms with E-state index in [0.717, 1.165) is 5.56 Å². The summed E-state index contributed by atoms with van der Waals surface area (Å²) in [7, 11) is 4.63. The Morgan fingerprint density at radius 3 is 2.03 bits per heavy atom. The van der Waals surface area contributed by atoms with Crippen LogP contribution in [0.3, 0.4) is 0 Å². The highest BCUT2D eigenvalue weighted by Crippen LogP contribution is 2.34. The molecule has 2 rings (SSSR count). The summed E-state index contributed by atoms with van der Waals surface area (Å²) in [6.07, 6.45) is 0. The van der Waals surface area contributed by atoms with Crippen LogP contribution in [0.15, 0.2) is 42.5 Å². The summed E-state index contributed by atoms with van der Waals surface area (Å²) >= 11 is 0. The molecule has 0 aromatic heterocycles. The number of nitrogens with one attached hydrogen (secondary N) is 2. The van der Waals surface area contributed by atoms with E-state index in [1.807, 2.05) is 19.9 Å². The summed E-state index contributed by atoms with van der Waals surface area (Å²) in [6.45, 7) is 3.98. The monoisotopic (exact) mass is 400 g/mol. The number of methoxy groups -OCH3 is 3. The molecule has 1 unspecified atom stereocenters. The van der Waals surface area contributed by atoms with Crippen LogP contribution in [-0.2, 0) is 11.3 Å². The van der Waals surface area contributed by atoms with Gasteiger partial charge in [-0.25, -0.2) is 0 Å². The van der Waals surface area contributed by atoms with Gasteiger partial charge < -0.3 is 24.8 Å². The third-order valence-corrected chi connectivity index (χ3v) is 4.51. The van der Waals surface area contributed by atoms with E-state index in [9.17, 15) is 9.59 Å². The molecule has 0 radical (unpaired) electrons. The van der Waals surface area contributed by atoms with E-state index >= 15 is 0 Å². The smallest absolute Gasteiger partial charge is 0.251 e. The van der Waals surface area contributed by atoms with Gasteiger partial charge in [-0.15, -0.1) is 0 Å². The number of carbonyl (C=O) groups is 2. The summed E-state index contributed by atoms with van der Waals surface area (Å²) in [5, 5.41) is 5.68. The molecule has 0 heterocycles. The fourth-order valence-corrected chi connectivity index (χ4v) is 2.87. The molecule has 0 saturated carbocycles. The second-order valence-electron chi connectivity index (χ2n) is 6.80. The third-order valence-electron chi connectivity index (χ3n) is 4.51. The van der Waals surface area contributed by atoms with Crippen LogP contribution < -0.4 is 24.8 Å². The van der Waals surface area contributed by atoms with E-state index in [2.05, 4.69) is 10.6 Å². The molecule has 1 atom stereocenters. The average Bonchev–Trinajstić information content (AvgIpc) is 2.75. The van der Waals surface area contributed by atoms with Gasteiger partial charge in [0, 0.05) is 23.7 Å². The lowest BCUT2D eigenvalue weighted by atomic mass is 10.0. The van der Waals surface area contributed by atoms with E-state index in [0.29, 0.717) is 22.8 Å². The highest BCUT2D eigenvalue weighted by atomic mass is 16.5. The lowest BCUT2D eigenvalue weighted by molar-refractivity contribution is -0.124. The van der Waals surface area contributed by atoms with Crippen LogP contribution in [0, 0.1) is 5.92 Å². The van der Waals surface area contributed by atoms with E-state index in [4.69, 9.17) is 14.2 Å². The maximum atomic E-state index is 12.8. The third kappa shape index (κ3) is 5.63. The zero-order chi connectivity index (χ0) is 21.4. The Kier molecular flexibility index (Phi) is 7.88. The summed E-state index contributed by atoms with van der Waals surface area (Å²) in [4.78, 5) is 25.2. The van der Waals surface area contributed by atoms with Gasteiger partial charge in [-0.3, -0.25) is 9.59 Å². The SMILES string of the molecule is COc1cc(OC)c(OC)cc1CNC(=O)C(NC(=O)c1ccccc1)C(C)C. The number of hydrogen-bond acceptors (Lipinski definition) is 5. The Morgan fingerprint density at radius 1 is 0.897 bits per heavy atom. The molecule has 0 aliphatic rings. The van der Waals surface area contributed by atoms with Crippen molar-refractivity contribution in [2.24, 2.45) is 5.92 Å². The zero-order valence-corrected chi connectivity index (χ0v) is 17.4. The fraction of sp³-hybridized carbons (Fsp3) is 0.364. The van der Waals surface area contributed by atoms with Crippen molar-refractivity contribution in [2.75, 3.05) is 21.3 Å². The molecule has 0 saturated heterocycles. The van der Waals surface area contributed by atoms with Gasteiger partial charge in [-0.1, -0.05) is 32.0 Å². The van der Waals surface area contributed by atoms with Gasteiger partial charge in [-0.05, 0) is 24.1 Å². The minimum atomic E-state index is -0.672. The standard InChI is InChI=1S/C22H28N2O5/c1-14(2)20(24-21(25)15-9-7-6-8-10-15)22(26)23-13-16-11-18(28-4)19(29-5)12-17(16)27-3/h6-12,14,20H,13H2,1-5H3,(H,23,26)(H,24,25).